The number of carbonyl (C=O) groups excluding carboxylic acids is 1. The van der Waals surface area contributed by atoms with Crippen LogP contribution in [0.25, 0.3) is 32.7 Å². The molecule has 0 amide bonds. The minimum atomic E-state index is -4.12. The number of aromatic hydroxyl groups is 2. The lowest BCUT2D eigenvalue weighted by atomic mass is 9.93. The zero-order valence-corrected chi connectivity index (χ0v) is 18.9. The van der Waals surface area contributed by atoms with Gasteiger partial charge in [-0.3, -0.25) is 4.72 Å². The summed E-state index contributed by atoms with van der Waals surface area (Å²) in [6.45, 7) is 0. The molecule has 0 atom stereocenters. The molecule has 0 heterocycles. The van der Waals surface area contributed by atoms with Crippen molar-refractivity contribution in [2.75, 3.05) is 4.72 Å². The smallest absolute Gasteiger partial charge is 0.261 e. The van der Waals surface area contributed by atoms with Gasteiger partial charge in [0, 0.05) is 21.9 Å². The summed E-state index contributed by atoms with van der Waals surface area (Å²) >= 11 is 0. The molecule has 0 aliphatic heterocycles. The average Bonchev–Trinajstić information content (AvgIpc) is 2.86. The molecule has 0 spiro atoms. The fourth-order valence-electron chi connectivity index (χ4n) is 4.15. The lowest BCUT2D eigenvalue weighted by Gasteiger charge is -2.17. The Kier molecular flexibility index (Phi) is 5.30. The fraction of sp³-hybridized carbons (Fsp3) is 0. The molecule has 0 aliphatic rings. The van der Waals surface area contributed by atoms with Gasteiger partial charge in [0.15, 0.2) is 0 Å². The number of carbonyl (C=O) groups is 1. The van der Waals surface area contributed by atoms with Crippen LogP contribution in [0.4, 0.5) is 5.69 Å². The van der Waals surface area contributed by atoms with Gasteiger partial charge in [-0.05, 0) is 40.6 Å². The van der Waals surface area contributed by atoms with E-state index in [1.165, 1.54) is 24.3 Å². The summed E-state index contributed by atoms with van der Waals surface area (Å²) in [6.07, 6.45) is 0. The summed E-state index contributed by atoms with van der Waals surface area (Å²) in [6, 6.07) is 23.5. The summed E-state index contributed by atoms with van der Waals surface area (Å²) in [5.74, 6) is -1.58. The van der Waals surface area contributed by atoms with Crippen molar-refractivity contribution in [1.82, 2.24) is 0 Å². The first-order valence-corrected chi connectivity index (χ1v) is 12.0. The van der Waals surface area contributed by atoms with Gasteiger partial charge in [-0.2, -0.15) is 0 Å². The summed E-state index contributed by atoms with van der Waals surface area (Å²) in [5.41, 5.74) is 0.658. The molecule has 0 bridgehead atoms. The number of phenolic OH excluding ortho intramolecular Hbond substituents is 2. The number of sulfonamides is 1. The van der Waals surface area contributed by atoms with Crippen LogP contribution >= 0.6 is 0 Å². The van der Waals surface area contributed by atoms with Crippen molar-refractivity contribution in [1.29, 1.82) is 0 Å². The van der Waals surface area contributed by atoms with Gasteiger partial charge in [-0.25, -0.2) is 8.42 Å². The summed E-state index contributed by atoms with van der Waals surface area (Å²) in [4.78, 5) is 10.9. The van der Waals surface area contributed by atoms with Crippen LogP contribution in [0.1, 0.15) is 10.4 Å². The molecular weight excluding hydrogens is 466 g/mol. The minimum absolute atomic E-state index is 0.0686. The van der Waals surface area contributed by atoms with Crippen molar-refractivity contribution in [3.8, 4) is 22.6 Å². The van der Waals surface area contributed by atoms with Crippen molar-refractivity contribution in [3.05, 3.63) is 96.6 Å². The van der Waals surface area contributed by atoms with Gasteiger partial charge in [0.25, 0.3) is 10.0 Å². The van der Waals surface area contributed by atoms with E-state index >= 15 is 0 Å². The molecule has 0 unspecified atom stereocenters. The number of hydrogen-bond donors (Lipinski definition) is 3. The van der Waals surface area contributed by atoms with Crippen molar-refractivity contribution in [2.45, 2.75) is 4.90 Å². The Hall–Kier alpha value is -4.56. The van der Waals surface area contributed by atoms with Crippen LogP contribution in [0.15, 0.2) is 95.9 Å². The largest absolute Gasteiger partial charge is 0.545 e. The zero-order chi connectivity index (χ0) is 24.7. The van der Waals surface area contributed by atoms with Crippen molar-refractivity contribution in [2.24, 2.45) is 0 Å². The Labute approximate surface area is 200 Å². The minimum Gasteiger partial charge on any atom is -0.545 e. The molecule has 5 aromatic carbocycles. The number of anilines is 1. The molecule has 0 fully saturated rings. The van der Waals surface area contributed by atoms with E-state index in [9.17, 15) is 28.5 Å². The van der Waals surface area contributed by atoms with E-state index in [0.29, 0.717) is 21.7 Å². The number of phenols is 2. The maximum Gasteiger partial charge on any atom is 0.261 e. The average molecular weight is 485 g/mol. The van der Waals surface area contributed by atoms with E-state index in [2.05, 4.69) is 4.72 Å². The molecule has 5 aromatic rings. The lowest BCUT2D eigenvalue weighted by Crippen LogP contribution is -2.22. The number of aromatic carboxylic acids is 1. The van der Waals surface area contributed by atoms with Gasteiger partial charge in [-0.1, -0.05) is 66.7 Å². The third kappa shape index (κ3) is 3.89. The van der Waals surface area contributed by atoms with Crippen molar-refractivity contribution >= 4 is 43.2 Å². The number of rotatable bonds is 5. The molecule has 5 rings (SSSR count). The van der Waals surface area contributed by atoms with Crippen molar-refractivity contribution in [3.63, 3.8) is 0 Å². The zero-order valence-electron chi connectivity index (χ0n) is 18.1. The Morgan fingerprint density at radius 3 is 2.09 bits per heavy atom. The van der Waals surface area contributed by atoms with Crippen LogP contribution in [0.5, 0.6) is 11.5 Å². The van der Waals surface area contributed by atoms with E-state index in [0.717, 1.165) is 17.5 Å². The number of benzene rings is 5. The maximum absolute atomic E-state index is 13.2. The van der Waals surface area contributed by atoms with E-state index in [4.69, 9.17) is 0 Å². The van der Waals surface area contributed by atoms with Crippen LogP contribution in [-0.4, -0.2) is 24.6 Å². The van der Waals surface area contributed by atoms with E-state index < -0.39 is 16.0 Å². The highest BCUT2D eigenvalue weighted by Crippen LogP contribution is 2.46. The molecular formula is C27H18NO6S-. The highest BCUT2D eigenvalue weighted by atomic mass is 32.2. The summed E-state index contributed by atoms with van der Waals surface area (Å²) < 4.78 is 28.9. The Bertz CT molecular complexity index is 1730. The second-order valence-electron chi connectivity index (χ2n) is 7.96. The summed E-state index contributed by atoms with van der Waals surface area (Å²) in [7, 11) is -4.12. The van der Waals surface area contributed by atoms with Crippen LogP contribution in [-0.2, 0) is 10.0 Å². The topological polar surface area (TPSA) is 127 Å². The Balaban J connectivity index is 1.71. The van der Waals surface area contributed by atoms with Crippen molar-refractivity contribution < 1.29 is 28.5 Å². The van der Waals surface area contributed by atoms with E-state index in [-0.39, 0.29) is 33.2 Å². The highest BCUT2D eigenvalue weighted by Gasteiger charge is 2.21. The highest BCUT2D eigenvalue weighted by molar-refractivity contribution is 7.92. The van der Waals surface area contributed by atoms with Gasteiger partial charge >= 0.3 is 0 Å². The fourth-order valence-corrected chi connectivity index (χ4v) is 5.22. The van der Waals surface area contributed by atoms with Gasteiger partial charge in [0.1, 0.15) is 11.5 Å². The number of hydrogen-bond acceptors (Lipinski definition) is 6. The second kappa shape index (κ2) is 8.34. The predicted octanol–water partition coefficient (Wildman–Crippen LogP) is 4.24. The standard InChI is InChI=1S/C27H19NO6S/c29-24-14-11-16-5-1-2-6-19(16)25(24)22-15-23(20-7-3-4-8-21(20)26(22)30)28-35(33,34)18-12-9-17(10-13-18)27(31)32/h1-15,28-30H,(H,31,32)/p-1. The van der Waals surface area contributed by atoms with Gasteiger partial charge in [-0.15, -0.1) is 0 Å². The van der Waals surface area contributed by atoms with E-state index in [1.807, 2.05) is 24.3 Å². The number of fused-ring (bicyclic) bond motifs is 2. The number of carboxylic acid groups (broad SMARTS) is 1. The molecule has 0 saturated heterocycles. The first-order chi connectivity index (χ1) is 16.8. The third-order valence-corrected chi connectivity index (χ3v) is 7.22. The number of carboxylic acids is 1. The molecule has 7 nitrogen and oxygen atoms in total. The molecule has 35 heavy (non-hydrogen) atoms. The monoisotopic (exact) mass is 484 g/mol. The van der Waals surface area contributed by atoms with Gasteiger partial charge < -0.3 is 20.1 Å². The lowest BCUT2D eigenvalue weighted by molar-refractivity contribution is -0.255. The molecule has 0 aliphatic carbocycles. The third-order valence-electron chi connectivity index (χ3n) is 5.84. The molecule has 0 aromatic heterocycles. The molecule has 3 N–H and O–H groups in total. The Morgan fingerprint density at radius 1 is 0.771 bits per heavy atom. The quantitative estimate of drug-likeness (QED) is 0.320. The van der Waals surface area contributed by atoms with Gasteiger partial charge in [0.2, 0.25) is 0 Å². The summed E-state index contributed by atoms with van der Waals surface area (Å²) in [5, 5.41) is 35.3. The second-order valence-corrected chi connectivity index (χ2v) is 9.65. The first-order valence-electron chi connectivity index (χ1n) is 10.6. The molecule has 174 valence electrons. The molecule has 8 heteroatoms. The Morgan fingerprint density at radius 2 is 1.40 bits per heavy atom. The van der Waals surface area contributed by atoms with Crippen LogP contribution in [0, 0.1) is 0 Å². The molecule has 0 radical (unpaired) electrons. The van der Waals surface area contributed by atoms with E-state index in [1.54, 1.807) is 30.3 Å². The van der Waals surface area contributed by atoms with Crippen LogP contribution in [0.2, 0.25) is 0 Å². The number of nitrogens with one attached hydrogen (secondary N) is 1. The van der Waals surface area contributed by atoms with Crippen LogP contribution < -0.4 is 9.83 Å². The first kappa shape index (κ1) is 22.2. The predicted molar refractivity (Wildman–Crippen MR) is 132 cm³/mol. The normalized spacial score (nSPS) is 11.5. The maximum atomic E-state index is 13.2. The molecule has 0 saturated carbocycles. The van der Waals surface area contributed by atoms with Gasteiger partial charge in [0.05, 0.1) is 16.6 Å². The SMILES string of the molecule is O=C([O-])c1ccc(S(=O)(=O)Nc2cc(-c3c(O)ccc4ccccc34)c(O)c3ccccc23)cc1. The van der Waals surface area contributed by atoms with Crippen LogP contribution in [0.3, 0.4) is 0 Å².